The van der Waals surface area contributed by atoms with Crippen molar-refractivity contribution < 1.29 is 0 Å². The van der Waals surface area contributed by atoms with Crippen LogP contribution in [0.4, 0.5) is 0 Å². The second-order valence-electron chi connectivity index (χ2n) is 5.39. The zero-order valence-corrected chi connectivity index (χ0v) is 16.9. The van der Waals surface area contributed by atoms with E-state index in [1.807, 2.05) is 25.2 Å². The van der Waals surface area contributed by atoms with Crippen LogP contribution < -0.4 is 16.7 Å². The molecule has 0 saturated heterocycles. The molecule has 4 N–H and O–H groups in total. The van der Waals surface area contributed by atoms with E-state index in [4.69, 9.17) is 41.2 Å². The molecule has 0 aliphatic carbocycles. The normalized spacial score (nSPS) is 11.2. The Hall–Kier alpha value is -1.38. The molecule has 2 aromatic carbocycles. The molecule has 1 aromatic heterocycles. The number of halogens is 3. The van der Waals surface area contributed by atoms with Crippen molar-refractivity contribution in [3.05, 3.63) is 54.8 Å². The summed E-state index contributed by atoms with van der Waals surface area (Å²) >= 11 is 21.3. The van der Waals surface area contributed by atoms with Gasteiger partial charge < -0.3 is 16.0 Å². The van der Waals surface area contributed by atoms with Crippen LogP contribution in [0.1, 0.15) is 5.56 Å². The smallest absolute Gasteiger partial charge is 0.332 e. The Morgan fingerprint density at radius 3 is 2.72 bits per heavy atom. The number of H-pyrrole nitrogens is 1. The van der Waals surface area contributed by atoms with Gasteiger partial charge in [-0.3, -0.25) is 0 Å². The molecular weight excluding hydrogens is 447 g/mol. The fourth-order valence-electron chi connectivity index (χ4n) is 2.74. The summed E-state index contributed by atoms with van der Waals surface area (Å²) in [6, 6.07) is 7.45. The lowest BCUT2D eigenvalue weighted by Crippen LogP contribution is -2.29. The second kappa shape index (κ2) is 7.09. The van der Waals surface area contributed by atoms with Gasteiger partial charge in [0, 0.05) is 16.6 Å². The van der Waals surface area contributed by atoms with Crippen molar-refractivity contribution in [3.63, 3.8) is 0 Å². The predicted octanol–water partition coefficient (Wildman–Crippen LogP) is 3.88. The van der Waals surface area contributed by atoms with E-state index in [0.29, 0.717) is 26.6 Å². The highest BCUT2D eigenvalue weighted by molar-refractivity contribution is 9.10. The molecule has 5 nitrogen and oxygen atoms in total. The Morgan fingerprint density at radius 2 is 2.12 bits per heavy atom. The molecule has 0 unspecified atom stereocenters. The van der Waals surface area contributed by atoms with E-state index >= 15 is 0 Å². The number of nitrogens with one attached hydrogen (secondary N) is 2. The maximum absolute atomic E-state index is 12.2. The van der Waals surface area contributed by atoms with E-state index in [1.54, 1.807) is 6.07 Å². The molecular formula is C16H13BrCl2N4OS. The molecule has 0 spiro atoms. The summed E-state index contributed by atoms with van der Waals surface area (Å²) in [5.41, 5.74) is 8.74. The maximum atomic E-state index is 12.2. The van der Waals surface area contributed by atoms with Crippen LogP contribution in [0.2, 0.25) is 10.0 Å². The van der Waals surface area contributed by atoms with Gasteiger partial charge in [-0.25, -0.2) is 9.36 Å². The number of fused-ring (bicyclic) bond motifs is 1. The number of aromatic amines is 1. The third-order valence-electron chi connectivity index (χ3n) is 3.78. The van der Waals surface area contributed by atoms with Gasteiger partial charge in [0.2, 0.25) is 0 Å². The summed E-state index contributed by atoms with van der Waals surface area (Å²) in [6.45, 7) is 0.728. The topological polar surface area (TPSA) is 75.8 Å². The number of nitrogens with zero attached hydrogens (tertiary/aromatic N) is 1. The average Bonchev–Trinajstić information content (AvgIpc) is 2.86. The summed E-state index contributed by atoms with van der Waals surface area (Å²) in [6.07, 6.45) is 0. The summed E-state index contributed by atoms with van der Waals surface area (Å²) in [5, 5.41) is 3.68. The molecule has 130 valence electrons. The Balaban J connectivity index is 2.36. The van der Waals surface area contributed by atoms with Gasteiger partial charge in [-0.05, 0) is 42.5 Å². The molecule has 25 heavy (non-hydrogen) atoms. The van der Waals surface area contributed by atoms with E-state index in [0.717, 1.165) is 22.1 Å². The lowest BCUT2D eigenvalue weighted by molar-refractivity contribution is 0.817. The van der Waals surface area contributed by atoms with Crippen molar-refractivity contribution in [2.75, 3.05) is 7.05 Å². The van der Waals surface area contributed by atoms with Crippen molar-refractivity contribution in [3.8, 4) is 11.1 Å². The third kappa shape index (κ3) is 3.22. The first-order chi connectivity index (χ1) is 11.8. The molecule has 0 bridgehead atoms. The largest absolute Gasteiger partial charge is 0.375 e. The molecule has 0 aliphatic heterocycles. The molecule has 3 rings (SSSR count). The van der Waals surface area contributed by atoms with Gasteiger partial charge in [-0.1, -0.05) is 51.3 Å². The fourth-order valence-corrected chi connectivity index (χ4v) is 3.99. The number of nitrogens with two attached hydrogens (primary N) is 1. The molecule has 9 heteroatoms. The van der Waals surface area contributed by atoms with Crippen LogP contribution in [0.5, 0.6) is 0 Å². The van der Waals surface area contributed by atoms with Crippen molar-refractivity contribution in [1.82, 2.24) is 14.9 Å². The number of imidazole rings is 1. The van der Waals surface area contributed by atoms with E-state index in [9.17, 15) is 4.79 Å². The Morgan fingerprint density at radius 1 is 1.40 bits per heavy atom. The van der Waals surface area contributed by atoms with Gasteiger partial charge >= 0.3 is 5.69 Å². The second-order valence-corrected chi connectivity index (χ2v) is 7.45. The van der Waals surface area contributed by atoms with Crippen LogP contribution in [-0.4, -0.2) is 21.7 Å². The van der Waals surface area contributed by atoms with Crippen LogP contribution in [0.25, 0.3) is 22.2 Å². The molecule has 0 fully saturated rings. The minimum Gasteiger partial charge on any atom is -0.375 e. The quantitative estimate of drug-likeness (QED) is 0.519. The maximum Gasteiger partial charge on any atom is 0.332 e. The minimum atomic E-state index is -0.440. The van der Waals surface area contributed by atoms with Crippen molar-refractivity contribution in [2.24, 2.45) is 5.73 Å². The lowest BCUT2D eigenvalue weighted by Gasteiger charge is -2.12. The molecule has 0 amide bonds. The van der Waals surface area contributed by atoms with E-state index < -0.39 is 5.69 Å². The SMILES string of the molecule is CNCc1ccc(-c2c(Cl)c(Cl)cc3c2[nH]c(=O)n3C(N)=S)c(Br)c1. The Bertz CT molecular complexity index is 1060. The number of hydrogen-bond donors (Lipinski definition) is 3. The number of aromatic nitrogens is 2. The zero-order valence-electron chi connectivity index (χ0n) is 13.0. The summed E-state index contributed by atoms with van der Waals surface area (Å²) < 4.78 is 2.02. The molecule has 3 aromatic rings. The highest BCUT2D eigenvalue weighted by Gasteiger charge is 2.20. The van der Waals surface area contributed by atoms with Crippen LogP contribution in [0.3, 0.4) is 0 Å². The highest BCUT2D eigenvalue weighted by atomic mass is 79.9. The van der Waals surface area contributed by atoms with Gasteiger partial charge in [0.15, 0.2) is 5.11 Å². The van der Waals surface area contributed by atoms with E-state index in [2.05, 4.69) is 26.2 Å². The van der Waals surface area contributed by atoms with Gasteiger partial charge in [0.05, 0.1) is 21.1 Å². The third-order valence-corrected chi connectivity index (χ3v) is 5.40. The molecule has 0 radical (unpaired) electrons. The molecule has 0 aliphatic rings. The van der Waals surface area contributed by atoms with Crippen molar-refractivity contribution >= 4 is 67.5 Å². The number of hydrogen-bond acceptors (Lipinski definition) is 3. The van der Waals surface area contributed by atoms with Gasteiger partial charge in [0.25, 0.3) is 0 Å². The van der Waals surface area contributed by atoms with Crippen LogP contribution >= 0.6 is 51.3 Å². The zero-order chi connectivity index (χ0) is 18.3. The summed E-state index contributed by atoms with van der Waals surface area (Å²) in [5.74, 6) is 0. The van der Waals surface area contributed by atoms with E-state index in [-0.39, 0.29) is 5.11 Å². The Labute approximate surface area is 167 Å². The van der Waals surface area contributed by atoms with Crippen LogP contribution in [-0.2, 0) is 6.54 Å². The first kappa shape index (κ1) is 18.4. The molecule has 1 heterocycles. The monoisotopic (exact) mass is 458 g/mol. The number of rotatable bonds is 3. The summed E-state index contributed by atoms with van der Waals surface area (Å²) in [4.78, 5) is 15.0. The minimum absolute atomic E-state index is 0.0657. The molecule has 0 atom stereocenters. The van der Waals surface area contributed by atoms with Crippen LogP contribution in [0.15, 0.2) is 33.5 Å². The number of thiocarbonyl (C=S) groups is 1. The van der Waals surface area contributed by atoms with Crippen molar-refractivity contribution in [2.45, 2.75) is 6.54 Å². The molecule has 0 saturated carbocycles. The van der Waals surface area contributed by atoms with Gasteiger partial charge in [0.1, 0.15) is 0 Å². The first-order valence-electron chi connectivity index (χ1n) is 7.21. The predicted molar refractivity (Wildman–Crippen MR) is 111 cm³/mol. The average molecular weight is 460 g/mol. The first-order valence-corrected chi connectivity index (χ1v) is 9.16. The number of benzene rings is 2. The van der Waals surface area contributed by atoms with Crippen molar-refractivity contribution in [1.29, 1.82) is 0 Å². The fraction of sp³-hybridized carbons (Fsp3) is 0.125. The standard InChI is InChI=1S/C16H13BrCl2N4OS/c1-21-6-7-2-3-8(9(17)4-7)12-13(19)10(18)5-11-14(12)22-16(24)23(11)15(20)25/h2-5,21H,6H2,1H3,(H2,20,25)(H,22,24). The van der Waals surface area contributed by atoms with E-state index in [1.165, 1.54) is 4.57 Å². The lowest BCUT2D eigenvalue weighted by atomic mass is 10.0. The van der Waals surface area contributed by atoms with Gasteiger partial charge in [-0.15, -0.1) is 0 Å². The van der Waals surface area contributed by atoms with Crippen LogP contribution in [0, 0.1) is 0 Å². The van der Waals surface area contributed by atoms with Gasteiger partial charge in [-0.2, -0.15) is 0 Å². The Kier molecular flexibility index (Phi) is 5.22. The highest BCUT2D eigenvalue weighted by Crippen LogP contribution is 2.41. The summed E-state index contributed by atoms with van der Waals surface area (Å²) in [7, 11) is 1.88.